The Balaban J connectivity index is 3.15. The minimum atomic E-state index is -0.905. The summed E-state index contributed by atoms with van der Waals surface area (Å²) in [4.78, 5) is 16.4. The predicted molar refractivity (Wildman–Crippen MR) is 76.7 cm³/mol. The largest absolute Gasteiger partial charge is 0.465 e. The fourth-order valence-electron chi connectivity index (χ4n) is 1.72. The van der Waals surface area contributed by atoms with Gasteiger partial charge in [0.15, 0.2) is 5.60 Å². The number of alkyl halides is 1. The zero-order valence-corrected chi connectivity index (χ0v) is 13.2. The van der Waals surface area contributed by atoms with Gasteiger partial charge in [0.25, 0.3) is 0 Å². The third kappa shape index (κ3) is 3.72. The summed E-state index contributed by atoms with van der Waals surface area (Å²) < 4.78 is 10.8. The highest BCUT2D eigenvalue weighted by molar-refractivity contribution is 6.22. The number of halogens is 1. The normalized spacial score (nSPS) is 26.9. The fraction of sp³-hybridized carbons (Fsp3) is 0.714. The molecule has 1 aliphatic rings. The van der Waals surface area contributed by atoms with Crippen molar-refractivity contribution in [2.24, 2.45) is 4.99 Å². The van der Waals surface area contributed by atoms with E-state index >= 15 is 0 Å². The van der Waals surface area contributed by atoms with E-state index in [1.807, 2.05) is 20.8 Å². The smallest absolute Gasteiger partial charge is 0.338 e. The zero-order chi connectivity index (χ0) is 14.8. The van der Waals surface area contributed by atoms with Crippen molar-refractivity contribution in [2.75, 3.05) is 6.61 Å². The van der Waals surface area contributed by atoms with Gasteiger partial charge in [0, 0.05) is 6.08 Å². The van der Waals surface area contributed by atoms with Crippen LogP contribution in [-0.2, 0) is 14.3 Å². The van der Waals surface area contributed by atoms with E-state index in [1.54, 1.807) is 26.8 Å². The molecule has 1 aliphatic heterocycles. The number of rotatable bonds is 3. The molecular weight excluding hydrogens is 266 g/mol. The Morgan fingerprint density at radius 1 is 1.58 bits per heavy atom. The minimum absolute atomic E-state index is 0.285. The molecule has 0 fully saturated rings. The molecule has 5 heteroatoms. The summed E-state index contributed by atoms with van der Waals surface area (Å²) in [5.41, 5.74) is -0.774. The number of aliphatic imine (C=N–C) groups is 1. The summed E-state index contributed by atoms with van der Waals surface area (Å²) in [5, 5.41) is -0.379. The van der Waals surface area contributed by atoms with Crippen molar-refractivity contribution in [3.05, 3.63) is 11.6 Å². The second-order valence-electron chi connectivity index (χ2n) is 5.72. The lowest BCUT2D eigenvalue weighted by atomic mass is 9.94. The van der Waals surface area contributed by atoms with E-state index in [-0.39, 0.29) is 10.9 Å². The van der Waals surface area contributed by atoms with Crippen LogP contribution in [0.3, 0.4) is 0 Å². The summed E-state index contributed by atoms with van der Waals surface area (Å²) in [6.07, 6.45) is 1.63. The SMILES string of the molecule is CCOC(=O)C1=CC(=NC(C)(C)C)OC1(C)C(C)Cl. The number of hydrogen-bond donors (Lipinski definition) is 0. The van der Waals surface area contributed by atoms with E-state index < -0.39 is 11.6 Å². The third-order valence-corrected chi connectivity index (χ3v) is 3.24. The van der Waals surface area contributed by atoms with Crippen molar-refractivity contribution >= 4 is 23.5 Å². The first kappa shape index (κ1) is 16.0. The average molecular weight is 288 g/mol. The van der Waals surface area contributed by atoms with E-state index in [9.17, 15) is 4.79 Å². The molecule has 0 saturated heterocycles. The Labute approximate surface area is 119 Å². The first-order valence-corrected chi connectivity index (χ1v) is 6.86. The fourth-order valence-corrected chi connectivity index (χ4v) is 1.88. The highest BCUT2D eigenvalue weighted by atomic mass is 35.5. The Morgan fingerprint density at radius 2 is 2.16 bits per heavy atom. The quantitative estimate of drug-likeness (QED) is 0.592. The topological polar surface area (TPSA) is 47.9 Å². The summed E-state index contributed by atoms with van der Waals surface area (Å²) in [7, 11) is 0. The van der Waals surface area contributed by atoms with Crippen LogP contribution in [0.1, 0.15) is 41.5 Å². The van der Waals surface area contributed by atoms with Crippen LogP contribution in [0.4, 0.5) is 0 Å². The van der Waals surface area contributed by atoms with Crippen molar-refractivity contribution in [2.45, 2.75) is 58.1 Å². The standard InChI is InChI=1S/C14H22ClNO3/c1-7-18-12(17)10-8-11(16-13(3,4)5)19-14(10,6)9(2)15/h8-9H,7H2,1-6H3. The van der Waals surface area contributed by atoms with Crippen LogP contribution in [0.5, 0.6) is 0 Å². The molecule has 0 saturated carbocycles. The molecule has 108 valence electrons. The molecule has 0 aliphatic carbocycles. The highest BCUT2D eigenvalue weighted by Gasteiger charge is 2.46. The number of hydrogen-bond acceptors (Lipinski definition) is 4. The molecule has 1 rings (SSSR count). The molecule has 0 aromatic rings. The van der Waals surface area contributed by atoms with Crippen LogP contribution < -0.4 is 0 Å². The van der Waals surface area contributed by atoms with Crippen molar-refractivity contribution in [3.63, 3.8) is 0 Å². The first-order valence-electron chi connectivity index (χ1n) is 6.42. The van der Waals surface area contributed by atoms with E-state index in [4.69, 9.17) is 21.1 Å². The summed E-state index contributed by atoms with van der Waals surface area (Å²) >= 11 is 6.17. The summed E-state index contributed by atoms with van der Waals surface area (Å²) in [6.45, 7) is 11.5. The van der Waals surface area contributed by atoms with Crippen LogP contribution in [0, 0.1) is 0 Å². The molecule has 4 nitrogen and oxygen atoms in total. The summed E-state index contributed by atoms with van der Waals surface area (Å²) in [6, 6.07) is 0. The van der Waals surface area contributed by atoms with E-state index in [0.29, 0.717) is 18.1 Å². The number of esters is 1. The molecule has 0 amide bonds. The van der Waals surface area contributed by atoms with Gasteiger partial charge >= 0.3 is 5.97 Å². The zero-order valence-electron chi connectivity index (χ0n) is 12.4. The maximum Gasteiger partial charge on any atom is 0.338 e. The van der Waals surface area contributed by atoms with Gasteiger partial charge in [-0.2, -0.15) is 0 Å². The van der Waals surface area contributed by atoms with Crippen LogP contribution in [0.25, 0.3) is 0 Å². The van der Waals surface area contributed by atoms with Crippen LogP contribution in [0.15, 0.2) is 16.6 Å². The molecule has 2 atom stereocenters. The van der Waals surface area contributed by atoms with Gasteiger partial charge in [0.2, 0.25) is 5.90 Å². The van der Waals surface area contributed by atoms with Gasteiger partial charge in [-0.25, -0.2) is 9.79 Å². The van der Waals surface area contributed by atoms with Gasteiger partial charge in [-0.3, -0.25) is 0 Å². The molecule has 0 bridgehead atoms. The number of ether oxygens (including phenoxy) is 2. The molecule has 19 heavy (non-hydrogen) atoms. The molecule has 0 spiro atoms. The minimum Gasteiger partial charge on any atom is -0.465 e. The van der Waals surface area contributed by atoms with Gasteiger partial charge in [-0.15, -0.1) is 11.6 Å². The monoisotopic (exact) mass is 287 g/mol. The lowest BCUT2D eigenvalue weighted by Gasteiger charge is -2.29. The van der Waals surface area contributed by atoms with Crippen LogP contribution >= 0.6 is 11.6 Å². The highest BCUT2D eigenvalue weighted by Crippen LogP contribution is 2.35. The molecule has 0 N–H and O–H groups in total. The van der Waals surface area contributed by atoms with Crippen LogP contribution in [0.2, 0.25) is 0 Å². The van der Waals surface area contributed by atoms with E-state index in [2.05, 4.69) is 4.99 Å². The molecular formula is C14H22ClNO3. The Bertz CT molecular complexity index is 421. The second kappa shape index (κ2) is 5.53. The maximum absolute atomic E-state index is 12.0. The molecule has 1 heterocycles. The third-order valence-electron chi connectivity index (χ3n) is 2.82. The Morgan fingerprint density at radius 3 is 2.58 bits per heavy atom. The number of carbonyl (C=O) groups is 1. The number of nitrogens with zero attached hydrogens (tertiary/aromatic N) is 1. The van der Waals surface area contributed by atoms with Gasteiger partial charge in [0.1, 0.15) is 0 Å². The van der Waals surface area contributed by atoms with E-state index in [1.165, 1.54) is 0 Å². The molecule has 0 aromatic heterocycles. The lowest BCUT2D eigenvalue weighted by Crippen LogP contribution is -2.40. The second-order valence-corrected chi connectivity index (χ2v) is 6.38. The van der Waals surface area contributed by atoms with Crippen molar-refractivity contribution < 1.29 is 14.3 Å². The predicted octanol–water partition coefficient (Wildman–Crippen LogP) is 3.09. The van der Waals surface area contributed by atoms with Crippen molar-refractivity contribution in [3.8, 4) is 0 Å². The van der Waals surface area contributed by atoms with Gasteiger partial charge < -0.3 is 9.47 Å². The van der Waals surface area contributed by atoms with Crippen molar-refractivity contribution in [1.29, 1.82) is 0 Å². The number of carbonyl (C=O) groups excluding carboxylic acids is 1. The molecule has 2 unspecified atom stereocenters. The van der Waals surface area contributed by atoms with Gasteiger partial charge in [-0.05, 0) is 41.5 Å². The maximum atomic E-state index is 12.0. The van der Waals surface area contributed by atoms with Gasteiger partial charge in [0.05, 0.1) is 23.1 Å². The van der Waals surface area contributed by atoms with E-state index in [0.717, 1.165) is 0 Å². The van der Waals surface area contributed by atoms with Crippen molar-refractivity contribution in [1.82, 2.24) is 0 Å². The average Bonchev–Trinajstić information content (AvgIpc) is 2.54. The Hall–Kier alpha value is -1.03. The first-order chi connectivity index (χ1) is 8.60. The van der Waals surface area contributed by atoms with Gasteiger partial charge in [-0.1, -0.05) is 0 Å². The molecule has 0 radical (unpaired) electrons. The lowest BCUT2D eigenvalue weighted by molar-refractivity contribution is -0.140. The Kier molecular flexibility index (Phi) is 4.67. The summed E-state index contributed by atoms with van der Waals surface area (Å²) in [5.74, 6) is 0.0159. The van der Waals surface area contributed by atoms with Crippen LogP contribution in [-0.4, -0.2) is 35.0 Å². The molecule has 0 aromatic carbocycles.